The molecule has 0 spiro atoms. The maximum Gasteiger partial charge on any atom is 0.173 e. The van der Waals surface area contributed by atoms with Crippen LogP contribution in [0.1, 0.15) is 24.4 Å². The van der Waals surface area contributed by atoms with Crippen molar-refractivity contribution in [2.45, 2.75) is 27.3 Å². The van der Waals surface area contributed by atoms with Crippen molar-refractivity contribution in [1.82, 2.24) is 10.3 Å². The molecule has 114 valence electrons. The quantitative estimate of drug-likeness (QED) is 0.752. The van der Waals surface area contributed by atoms with Gasteiger partial charge in [0.2, 0.25) is 0 Å². The van der Waals surface area contributed by atoms with E-state index in [0.29, 0.717) is 16.5 Å². The lowest BCUT2D eigenvalue weighted by atomic mass is 10.2. The molecule has 0 atom stereocenters. The molecule has 0 saturated heterocycles. The largest absolute Gasteiger partial charge is 0.312 e. The molecule has 0 radical (unpaired) electrons. The molecule has 0 saturated carbocycles. The van der Waals surface area contributed by atoms with Crippen molar-refractivity contribution in [3.63, 3.8) is 0 Å². The second-order valence-electron chi connectivity index (χ2n) is 5.28. The number of nitrogens with one attached hydrogen (secondary N) is 1. The minimum absolute atomic E-state index is 0.123. The molecule has 1 aromatic carbocycles. The van der Waals surface area contributed by atoms with E-state index in [-0.39, 0.29) is 4.47 Å². The standard InChI is InChI=1S/C15H17BrF2N2S/c1-8(2)6-19-7-12-9(3)20-15(21-12)10-4-5-11(17)14(18)13(10)16/h4-5,8,19H,6-7H2,1-3H3. The third-order valence-corrected chi connectivity index (χ3v) is 4.96. The first-order valence-electron chi connectivity index (χ1n) is 6.71. The maximum atomic E-state index is 13.6. The molecule has 2 aromatic rings. The van der Waals surface area contributed by atoms with E-state index in [0.717, 1.165) is 29.7 Å². The van der Waals surface area contributed by atoms with Crippen LogP contribution >= 0.6 is 27.3 Å². The highest BCUT2D eigenvalue weighted by Crippen LogP contribution is 2.35. The van der Waals surface area contributed by atoms with Gasteiger partial charge < -0.3 is 5.32 Å². The molecule has 1 aromatic heterocycles. The van der Waals surface area contributed by atoms with Gasteiger partial charge in [0, 0.05) is 17.0 Å². The Morgan fingerprint density at radius 1 is 1.33 bits per heavy atom. The Morgan fingerprint density at radius 3 is 2.71 bits per heavy atom. The van der Waals surface area contributed by atoms with Crippen LogP contribution < -0.4 is 5.32 Å². The fourth-order valence-corrected chi connectivity index (χ4v) is 3.58. The number of thiazole rings is 1. The summed E-state index contributed by atoms with van der Waals surface area (Å²) in [6, 6.07) is 2.68. The molecule has 0 bridgehead atoms. The molecule has 0 aliphatic heterocycles. The molecule has 6 heteroatoms. The molecule has 1 N–H and O–H groups in total. The van der Waals surface area contributed by atoms with Crippen LogP contribution in [0.4, 0.5) is 8.78 Å². The highest BCUT2D eigenvalue weighted by molar-refractivity contribution is 9.10. The van der Waals surface area contributed by atoms with E-state index in [4.69, 9.17) is 0 Å². The van der Waals surface area contributed by atoms with E-state index in [1.807, 2.05) is 6.92 Å². The smallest absolute Gasteiger partial charge is 0.173 e. The third-order valence-electron chi connectivity index (χ3n) is 3.00. The molecule has 0 unspecified atom stereocenters. The summed E-state index contributed by atoms with van der Waals surface area (Å²) >= 11 is 4.61. The summed E-state index contributed by atoms with van der Waals surface area (Å²) in [4.78, 5) is 5.58. The number of hydrogen-bond donors (Lipinski definition) is 1. The van der Waals surface area contributed by atoms with Crippen LogP contribution in [0.5, 0.6) is 0 Å². The van der Waals surface area contributed by atoms with E-state index in [1.54, 1.807) is 6.07 Å². The fraction of sp³-hybridized carbons (Fsp3) is 0.400. The van der Waals surface area contributed by atoms with Gasteiger partial charge in [-0.05, 0) is 47.4 Å². The molecule has 0 fully saturated rings. The van der Waals surface area contributed by atoms with Gasteiger partial charge >= 0.3 is 0 Å². The van der Waals surface area contributed by atoms with Crippen LogP contribution in [0.2, 0.25) is 0 Å². The van der Waals surface area contributed by atoms with Gasteiger partial charge in [-0.25, -0.2) is 13.8 Å². The first-order valence-corrected chi connectivity index (χ1v) is 8.32. The molecule has 0 aliphatic rings. The van der Waals surface area contributed by atoms with Crippen LogP contribution in [0.15, 0.2) is 16.6 Å². The van der Waals surface area contributed by atoms with E-state index in [9.17, 15) is 8.78 Å². The second kappa shape index (κ2) is 6.94. The zero-order chi connectivity index (χ0) is 15.6. The Kier molecular flexibility index (Phi) is 5.46. The van der Waals surface area contributed by atoms with E-state index < -0.39 is 11.6 Å². The predicted octanol–water partition coefficient (Wildman–Crippen LogP) is 4.90. The summed E-state index contributed by atoms with van der Waals surface area (Å²) in [6.07, 6.45) is 0. The van der Waals surface area contributed by atoms with Gasteiger partial charge in [0.1, 0.15) is 5.01 Å². The summed E-state index contributed by atoms with van der Waals surface area (Å²) in [5.41, 5.74) is 1.50. The van der Waals surface area contributed by atoms with Gasteiger partial charge in [0.25, 0.3) is 0 Å². The van der Waals surface area contributed by atoms with Gasteiger partial charge in [-0.2, -0.15) is 0 Å². The van der Waals surface area contributed by atoms with Crippen molar-refractivity contribution >= 4 is 27.3 Å². The van der Waals surface area contributed by atoms with Crippen molar-refractivity contribution < 1.29 is 8.78 Å². The normalized spacial score (nSPS) is 11.4. The van der Waals surface area contributed by atoms with E-state index >= 15 is 0 Å². The number of aromatic nitrogens is 1. The SMILES string of the molecule is Cc1nc(-c2ccc(F)c(F)c2Br)sc1CNCC(C)C. The molecule has 2 nitrogen and oxygen atoms in total. The van der Waals surface area contributed by atoms with Crippen molar-refractivity contribution in [3.05, 3.63) is 38.8 Å². The van der Waals surface area contributed by atoms with Gasteiger partial charge in [-0.1, -0.05) is 13.8 Å². The monoisotopic (exact) mass is 374 g/mol. The second-order valence-corrected chi connectivity index (χ2v) is 7.15. The van der Waals surface area contributed by atoms with Crippen LogP contribution in [0.25, 0.3) is 10.6 Å². The Balaban J connectivity index is 2.24. The summed E-state index contributed by atoms with van der Waals surface area (Å²) in [5, 5.41) is 4.06. The minimum atomic E-state index is -0.875. The molecule has 0 amide bonds. The Morgan fingerprint density at radius 2 is 2.05 bits per heavy atom. The van der Waals surface area contributed by atoms with E-state index in [1.165, 1.54) is 11.3 Å². The predicted molar refractivity (Wildman–Crippen MR) is 86.4 cm³/mol. The maximum absolute atomic E-state index is 13.6. The van der Waals surface area contributed by atoms with Crippen molar-refractivity contribution in [2.75, 3.05) is 6.54 Å². The van der Waals surface area contributed by atoms with E-state index in [2.05, 4.69) is 40.1 Å². The Hall–Kier alpha value is -0.850. The molecule has 0 aliphatic carbocycles. The number of nitrogens with zero attached hydrogens (tertiary/aromatic N) is 1. The number of hydrogen-bond acceptors (Lipinski definition) is 3. The zero-order valence-corrected chi connectivity index (χ0v) is 14.5. The molecule has 1 heterocycles. The molecular weight excluding hydrogens is 358 g/mol. The van der Waals surface area contributed by atoms with Gasteiger partial charge in [0.05, 0.1) is 10.2 Å². The fourth-order valence-electron chi connectivity index (χ4n) is 1.87. The summed E-state index contributed by atoms with van der Waals surface area (Å²) in [7, 11) is 0. The van der Waals surface area contributed by atoms with Crippen LogP contribution in [0.3, 0.4) is 0 Å². The lowest BCUT2D eigenvalue weighted by Crippen LogP contribution is -2.18. The molecule has 21 heavy (non-hydrogen) atoms. The third kappa shape index (κ3) is 3.87. The lowest BCUT2D eigenvalue weighted by molar-refractivity contribution is 0.505. The van der Waals surface area contributed by atoms with Crippen molar-refractivity contribution in [1.29, 1.82) is 0 Å². The number of aryl methyl sites for hydroxylation is 1. The van der Waals surface area contributed by atoms with Crippen molar-refractivity contribution in [2.24, 2.45) is 5.92 Å². The van der Waals surface area contributed by atoms with Gasteiger partial charge in [-0.15, -0.1) is 11.3 Å². The topological polar surface area (TPSA) is 24.9 Å². The average Bonchev–Trinajstić information content (AvgIpc) is 2.77. The molecule has 2 rings (SSSR count). The Bertz CT molecular complexity index is 641. The number of halogens is 3. The van der Waals surface area contributed by atoms with Gasteiger partial charge in [-0.3, -0.25) is 0 Å². The van der Waals surface area contributed by atoms with Crippen molar-refractivity contribution in [3.8, 4) is 10.6 Å². The highest BCUT2D eigenvalue weighted by atomic mass is 79.9. The Labute approximate surface area is 135 Å². The summed E-state index contributed by atoms with van der Waals surface area (Å²) < 4.78 is 26.9. The molecular formula is C15H17BrF2N2S. The van der Waals surface area contributed by atoms with Crippen LogP contribution in [0, 0.1) is 24.5 Å². The summed E-state index contributed by atoms with van der Waals surface area (Å²) in [5.74, 6) is -1.16. The average molecular weight is 375 g/mol. The van der Waals surface area contributed by atoms with Crippen LogP contribution in [-0.4, -0.2) is 11.5 Å². The number of rotatable bonds is 5. The van der Waals surface area contributed by atoms with Gasteiger partial charge in [0.15, 0.2) is 11.6 Å². The minimum Gasteiger partial charge on any atom is -0.312 e. The first kappa shape index (κ1) is 16.5. The highest BCUT2D eigenvalue weighted by Gasteiger charge is 2.16. The lowest BCUT2D eigenvalue weighted by Gasteiger charge is -2.05. The number of benzene rings is 1. The zero-order valence-electron chi connectivity index (χ0n) is 12.1. The van der Waals surface area contributed by atoms with Crippen LogP contribution in [-0.2, 0) is 6.54 Å². The summed E-state index contributed by atoms with van der Waals surface area (Å²) in [6.45, 7) is 7.90. The first-order chi connectivity index (χ1) is 9.90.